The summed E-state index contributed by atoms with van der Waals surface area (Å²) in [5.41, 5.74) is 0.543. The summed E-state index contributed by atoms with van der Waals surface area (Å²) in [6, 6.07) is 0. The van der Waals surface area contributed by atoms with E-state index in [1.54, 1.807) is 25.5 Å². The maximum atomic E-state index is 12.2. The molecule has 1 aliphatic heterocycles. The molecule has 0 N–H and O–H groups in total. The lowest BCUT2D eigenvalue weighted by atomic mass is 9.61. The van der Waals surface area contributed by atoms with Gasteiger partial charge in [-0.25, -0.2) is 9.59 Å². The molecule has 0 radical (unpaired) electrons. The average Bonchev–Trinajstić information content (AvgIpc) is 3.16. The summed E-state index contributed by atoms with van der Waals surface area (Å²) in [5, 5.41) is 0. The number of carbonyl (C=O) groups is 2. The molecule has 162 valence electrons. The highest BCUT2D eigenvalue weighted by molar-refractivity contribution is 9.11. The van der Waals surface area contributed by atoms with Gasteiger partial charge in [0.25, 0.3) is 0 Å². The van der Waals surface area contributed by atoms with Crippen LogP contribution < -0.4 is 0 Å². The minimum absolute atomic E-state index is 0.200. The monoisotopic (exact) mass is 468 g/mol. The van der Waals surface area contributed by atoms with Crippen LogP contribution in [0.25, 0.3) is 0 Å². The van der Waals surface area contributed by atoms with Gasteiger partial charge in [0.2, 0.25) is 5.60 Å². The first-order chi connectivity index (χ1) is 13.7. The average molecular weight is 469 g/mol. The maximum absolute atomic E-state index is 12.2. The van der Waals surface area contributed by atoms with E-state index in [9.17, 15) is 9.59 Å². The molecule has 5 atom stereocenters. The fourth-order valence-corrected chi connectivity index (χ4v) is 6.40. The highest BCUT2D eigenvalue weighted by atomic mass is 79.9. The number of carbonyl (C=O) groups excluding carboxylic acids is 2. The molecule has 0 spiro atoms. The molecular formula is C23H33BrO5. The van der Waals surface area contributed by atoms with Crippen molar-refractivity contribution in [2.75, 3.05) is 6.61 Å². The van der Waals surface area contributed by atoms with Crippen LogP contribution in [0.3, 0.4) is 0 Å². The fraction of sp³-hybridized carbons (Fsp3) is 0.739. The highest BCUT2D eigenvalue weighted by Crippen LogP contribution is 2.60. The molecule has 0 aromatic heterocycles. The summed E-state index contributed by atoms with van der Waals surface area (Å²) in [6.45, 7) is 8.24. The molecule has 0 saturated heterocycles. The number of cyclic esters (lactones) is 1. The summed E-state index contributed by atoms with van der Waals surface area (Å²) >= 11 is 3.58. The maximum Gasteiger partial charge on any atom is 0.509 e. The van der Waals surface area contributed by atoms with Gasteiger partial charge in [-0.15, -0.1) is 0 Å². The van der Waals surface area contributed by atoms with Gasteiger partial charge in [0.1, 0.15) is 5.76 Å². The van der Waals surface area contributed by atoms with E-state index in [0.717, 1.165) is 6.42 Å². The second-order valence-corrected chi connectivity index (χ2v) is 9.65. The second-order valence-electron chi connectivity index (χ2n) is 9.19. The van der Waals surface area contributed by atoms with Crippen molar-refractivity contribution in [3.8, 4) is 0 Å². The Morgan fingerprint density at radius 2 is 2.17 bits per heavy atom. The summed E-state index contributed by atoms with van der Waals surface area (Å²) in [4.78, 5) is 26.0. The third-order valence-electron chi connectivity index (χ3n) is 7.33. The number of halogens is 1. The van der Waals surface area contributed by atoms with Crippen molar-refractivity contribution in [2.24, 2.45) is 23.2 Å². The van der Waals surface area contributed by atoms with Crippen LogP contribution in [0.1, 0.15) is 72.6 Å². The van der Waals surface area contributed by atoms with E-state index in [1.807, 2.05) is 0 Å². The number of fused-ring (bicyclic) bond motifs is 1. The summed E-state index contributed by atoms with van der Waals surface area (Å²) < 4.78 is 15.4. The van der Waals surface area contributed by atoms with Gasteiger partial charge in [-0.1, -0.05) is 35.4 Å². The van der Waals surface area contributed by atoms with E-state index in [2.05, 4.69) is 34.8 Å². The predicted molar refractivity (Wildman–Crippen MR) is 114 cm³/mol. The molecule has 0 aromatic carbocycles. The molecule has 5 nitrogen and oxygen atoms in total. The van der Waals surface area contributed by atoms with Crippen molar-refractivity contribution >= 4 is 28.1 Å². The molecule has 0 aromatic rings. The van der Waals surface area contributed by atoms with Gasteiger partial charge in [-0.05, 0) is 80.5 Å². The quantitative estimate of drug-likeness (QED) is 0.429. The molecular weight excluding hydrogens is 436 g/mol. The minimum atomic E-state index is -1.39. The molecule has 0 amide bonds. The topological polar surface area (TPSA) is 61.8 Å². The number of hydrogen-bond donors (Lipinski definition) is 0. The lowest BCUT2D eigenvalue weighted by Gasteiger charge is -2.44. The zero-order valence-electron chi connectivity index (χ0n) is 18.0. The molecule has 2 aliphatic carbocycles. The van der Waals surface area contributed by atoms with Crippen LogP contribution in [-0.2, 0) is 19.0 Å². The molecule has 6 heteroatoms. The SMILES string of the molecule is CCOC(=O)O[C@]1(C)C=C(CC[C@@H](C)[C@H]2CCC3C(=CBr)CCC[C@]32C)OC1=O. The zero-order valence-corrected chi connectivity index (χ0v) is 19.5. The first-order valence-electron chi connectivity index (χ1n) is 10.8. The van der Waals surface area contributed by atoms with Crippen LogP contribution in [-0.4, -0.2) is 24.3 Å². The van der Waals surface area contributed by atoms with E-state index in [4.69, 9.17) is 14.2 Å². The van der Waals surface area contributed by atoms with Crippen molar-refractivity contribution in [1.29, 1.82) is 0 Å². The molecule has 29 heavy (non-hydrogen) atoms. The van der Waals surface area contributed by atoms with Gasteiger partial charge in [0.15, 0.2) is 0 Å². The summed E-state index contributed by atoms with van der Waals surface area (Å²) in [5.74, 6) is 1.94. The smallest absolute Gasteiger partial charge is 0.435 e. The Kier molecular flexibility index (Phi) is 6.81. The van der Waals surface area contributed by atoms with E-state index in [-0.39, 0.29) is 6.61 Å². The Bertz CT molecular complexity index is 714. The van der Waals surface area contributed by atoms with E-state index in [0.29, 0.717) is 35.3 Å². The number of rotatable bonds is 6. The van der Waals surface area contributed by atoms with Crippen LogP contribution in [0.15, 0.2) is 22.4 Å². The molecule has 1 unspecified atom stereocenters. The minimum Gasteiger partial charge on any atom is -0.435 e. The van der Waals surface area contributed by atoms with Crippen molar-refractivity contribution in [3.05, 3.63) is 22.4 Å². The lowest BCUT2D eigenvalue weighted by molar-refractivity contribution is -0.152. The van der Waals surface area contributed by atoms with Crippen molar-refractivity contribution in [2.45, 2.75) is 78.2 Å². The molecule has 1 heterocycles. The first-order valence-corrected chi connectivity index (χ1v) is 11.7. The lowest BCUT2D eigenvalue weighted by Crippen LogP contribution is -2.36. The van der Waals surface area contributed by atoms with Crippen LogP contribution in [0.2, 0.25) is 0 Å². The Morgan fingerprint density at radius 3 is 2.86 bits per heavy atom. The Morgan fingerprint density at radius 1 is 1.41 bits per heavy atom. The van der Waals surface area contributed by atoms with Gasteiger partial charge in [0.05, 0.1) is 6.61 Å². The van der Waals surface area contributed by atoms with Crippen LogP contribution in [0.5, 0.6) is 0 Å². The second kappa shape index (κ2) is 8.83. The third-order valence-corrected chi connectivity index (χ3v) is 7.92. The third kappa shape index (κ3) is 4.42. The van der Waals surface area contributed by atoms with Crippen LogP contribution >= 0.6 is 15.9 Å². The standard InChI is InChI=1S/C23H33BrO5/c1-5-27-21(26)29-23(4)13-17(28-20(23)25)9-8-15(2)18-10-11-19-16(14-24)7-6-12-22(18,19)3/h13-15,18-19H,5-12H2,1-4H3/t15-,18-,19?,22+,23-/m1/s1. The molecule has 3 rings (SSSR count). The van der Waals surface area contributed by atoms with Gasteiger partial charge in [0, 0.05) is 12.5 Å². The van der Waals surface area contributed by atoms with Crippen molar-refractivity contribution in [3.63, 3.8) is 0 Å². The Balaban J connectivity index is 1.61. The van der Waals surface area contributed by atoms with Crippen molar-refractivity contribution in [1.82, 2.24) is 0 Å². The van der Waals surface area contributed by atoms with Gasteiger partial charge < -0.3 is 14.2 Å². The van der Waals surface area contributed by atoms with E-state index < -0.39 is 17.7 Å². The van der Waals surface area contributed by atoms with Gasteiger partial charge >= 0.3 is 12.1 Å². The Labute approximate surface area is 182 Å². The van der Waals surface area contributed by atoms with E-state index >= 15 is 0 Å². The molecule has 2 saturated carbocycles. The fourth-order valence-electron chi connectivity index (χ4n) is 5.85. The number of allylic oxidation sites excluding steroid dienone is 2. The number of esters is 1. The molecule has 2 fully saturated rings. The summed E-state index contributed by atoms with van der Waals surface area (Å²) in [6.07, 6.45) is 8.71. The van der Waals surface area contributed by atoms with Crippen LogP contribution in [0, 0.1) is 23.2 Å². The molecule has 0 bridgehead atoms. The normalized spacial score (nSPS) is 36.4. The van der Waals surface area contributed by atoms with Gasteiger partial charge in [-0.2, -0.15) is 0 Å². The van der Waals surface area contributed by atoms with Crippen LogP contribution in [0.4, 0.5) is 4.79 Å². The van der Waals surface area contributed by atoms with E-state index in [1.165, 1.54) is 32.1 Å². The number of ether oxygens (including phenoxy) is 3. The Hall–Kier alpha value is -1.30. The van der Waals surface area contributed by atoms with Crippen molar-refractivity contribution < 1.29 is 23.8 Å². The molecule has 3 aliphatic rings. The van der Waals surface area contributed by atoms with Gasteiger partial charge in [-0.3, -0.25) is 0 Å². The first kappa shape index (κ1) is 22.4. The zero-order chi connectivity index (χ0) is 21.2. The highest BCUT2D eigenvalue weighted by Gasteiger charge is 2.51. The summed E-state index contributed by atoms with van der Waals surface area (Å²) in [7, 11) is 0. The number of hydrogen-bond acceptors (Lipinski definition) is 5. The largest absolute Gasteiger partial charge is 0.509 e. The predicted octanol–water partition coefficient (Wildman–Crippen LogP) is 6.27.